The maximum absolute atomic E-state index is 11.1. The number of rotatable bonds is 2. The fraction of sp³-hybridized carbons (Fsp3) is 0.417. The number of phenols is 1. The Balaban J connectivity index is 2.17. The van der Waals surface area contributed by atoms with Crippen LogP contribution in [-0.4, -0.2) is 24.1 Å². The van der Waals surface area contributed by atoms with Crippen LogP contribution in [0.25, 0.3) is 0 Å². The average Bonchev–Trinajstić information content (AvgIpc) is 2.64. The molecule has 0 bridgehead atoms. The molecule has 1 unspecified atom stereocenters. The summed E-state index contributed by atoms with van der Waals surface area (Å²) in [5.41, 5.74) is 7.25. The van der Waals surface area contributed by atoms with Crippen LogP contribution in [0.4, 0.5) is 5.69 Å². The lowest BCUT2D eigenvalue weighted by molar-refractivity contribution is -0.121. The molecule has 4 heteroatoms. The van der Waals surface area contributed by atoms with Crippen molar-refractivity contribution in [3.8, 4) is 5.75 Å². The maximum Gasteiger partial charge on any atom is 0.222 e. The Morgan fingerprint density at radius 3 is 2.81 bits per heavy atom. The lowest BCUT2D eigenvalue weighted by Crippen LogP contribution is -2.27. The normalized spacial score (nSPS) is 20.1. The van der Waals surface area contributed by atoms with Gasteiger partial charge in [-0.1, -0.05) is 0 Å². The summed E-state index contributed by atoms with van der Waals surface area (Å²) >= 11 is 0. The standard InChI is InChI=1S/C12H16N2O2/c1-8-4-10(6-11(15)5-8)14-3-2-9(7-14)12(13)16/h4-6,9,15H,2-3,7H2,1H3,(H2,13,16). The molecule has 1 amide bonds. The number of primary amides is 1. The van der Waals surface area contributed by atoms with Gasteiger partial charge in [0.2, 0.25) is 5.91 Å². The summed E-state index contributed by atoms with van der Waals surface area (Å²) in [6.45, 7) is 3.40. The molecule has 0 saturated carbocycles. The third-order valence-electron chi connectivity index (χ3n) is 3.00. The van der Waals surface area contributed by atoms with E-state index < -0.39 is 0 Å². The van der Waals surface area contributed by atoms with Crippen molar-refractivity contribution in [2.24, 2.45) is 11.7 Å². The minimum atomic E-state index is -0.237. The number of aryl methyl sites for hydroxylation is 1. The van der Waals surface area contributed by atoms with Crippen LogP contribution in [0.2, 0.25) is 0 Å². The first kappa shape index (κ1) is 10.8. The number of hydrogen-bond donors (Lipinski definition) is 2. The first-order chi connectivity index (χ1) is 7.56. The Hall–Kier alpha value is -1.71. The number of hydrogen-bond acceptors (Lipinski definition) is 3. The smallest absolute Gasteiger partial charge is 0.222 e. The SMILES string of the molecule is Cc1cc(O)cc(N2CCC(C(N)=O)C2)c1. The van der Waals surface area contributed by atoms with Crippen LogP contribution in [0.3, 0.4) is 0 Å². The van der Waals surface area contributed by atoms with E-state index in [9.17, 15) is 9.90 Å². The Morgan fingerprint density at radius 2 is 2.25 bits per heavy atom. The van der Waals surface area contributed by atoms with Crippen LogP contribution in [-0.2, 0) is 4.79 Å². The van der Waals surface area contributed by atoms with Gasteiger partial charge in [-0.05, 0) is 31.0 Å². The quantitative estimate of drug-likeness (QED) is 0.781. The molecule has 1 aromatic rings. The number of amides is 1. The average molecular weight is 220 g/mol. The molecule has 1 fully saturated rings. The summed E-state index contributed by atoms with van der Waals surface area (Å²) in [6.07, 6.45) is 0.796. The van der Waals surface area contributed by atoms with Crippen molar-refractivity contribution < 1.29 is 9.90 Å². The zero-order valence-electron chi connectivity index (χ0n) is 9.31. The van der Waals surface area contributed by atoms with Gasteiger partial charge in [0.1, 0.15) is 5.75 Å². The molecule has 0 spiro atoms. The highest BCUT2D eigenvalue weighted by atomic mass is 16.3. The molecule has 0 aliphatic carbocycles. The summed E-state index contributed by atoms with van der Waals surface area (Å²) in [5, 5.41) is 9.51. The highest BCUT2D eigenvalue weighted by molar-refractivity contribution is 5.78. The van der Waals surface area contributed by atoms with Gasteiger partial charge in [-0.15, -0.1) is 0 Å². The zero-order chi connectivity index (χ0) is 11.7. The molecule has 1 aliphatic heterocycles. The van der Waals surface area contributed by atoms with E-state index in [0.29, 0.717) is 6.54 Å². The van der Waals surface area contributed by atoms with Gasteiger partial charge in [0.05, 0.1) is 5.92 Å². The largest absolute Gasteiger partial charge is 0.508 e. The maximum atomic E-state index is 11.1. The number of anilines is 1. The van der Waals surface area contributed by atoms with Crippen molar-refractivity contribution in [2.45, 2.75) is 13.3 Å². The first-order valence-corrected chi connectivity index (χ1v) is 5.41. The van der Waals surface area contributed by atoms with Crippen molar-refractivity contribution >= 4 is 11.6 Å². The van der Waals surface area contributed by atoms with E-state index in [4.69, 9.17) is 5.73 Å². The van der Waals surface area contributed by atoms with E-state index in [0.717, 1.165) is 24.2 Å². The minimum absolute atomic E-state index is 0.0670. The van der Waals surface area contributed by atoms with Crippen molar-refractivity contribution in [1.82, 2.24) is 0 Å². The fourth-order valence-corrected chi connectivity index (χ4v) is 2.15. The molecule has 4 nitrogen and oxygen atoms in total. The Labute approximate surface area is 94.7 Å². The second-order valence-corrected chi connectivity index (χ2v) is 4.36. The number of phenolic OH excluding ortho intramolecular Hbond substituents is 1. The lowest BCUT2D eigenvalue weighted by Gasteiger charge is -2.19. The van der Waals surface area contributed by atoms with Gasteiger partial charge in [-0.2, -0.15) is 0 Å². The molecule has 0 aromatic heterocycles. The number of benzene rings is 1. The molecule has 1 atom stereocenters. The highest BCUT2D eigenvalue weighted by Gasteiger charge is 2.26. The predicted molar refractivity (Wildman–Crippen MR) is 62.4 cm³/mol. The monoisotopic (exact) mass is 220 g/mol. The van der Waals surface area contributed by atoms with E-state index >= 15 is 0 Å². The molecule has 86 valence electrons. The van der Waals surface area contributed by atoms with Gasteiger partial charge >= 0.3 is 0 Å². The van der Waals surface area contributed by atoms with Crippen LogP contribution in [0.15, 0.2) is 18.2 Å². The van der Waals surface area contributed by atoms with E-state index in [1.165, 1.54) is 0 Å². The molecule has 3 N–H and O–H groups in total. The third-order valence-corrected chi connectivity index (χ3v) is 3.00. The van der Waals surface area contributed by atoms with Gasteiger partial charge in [0.15, 0.2) is 0 Å². The number of nitrogens with two attached hydrogens (primary N) is 1. The van der Waals surface area contributed by atoms with Crippen molar-refractivity contribution in [2.75, 3.05) is 18.0 Å². The van der Waals surface area contributed by atoms with Gasteiger partial charge in [-0.25, -0.2) is 0 Å². The molecular formula is C12H16N2O2. The second-order valence-electron chi connectivity index (χ2n) is 4.36. The summed E-state index contributed by atoms with van der Waals surface area (Å²) in [6, 6.07) is 5.44. The lowest BCUT2D eigenvalue weighted by atomic mass is 10.1. The molecule has 16 heavy (non-hydrogen) atoms. The van der Waals surface area contributed by atoms with Crippen LogP contribution >= 0.6 is 0 Å². The molecule has 1 aromatic carbocycles. The number of carbonyl (C=O) groups is 1. The van der Waals surface area contributed by atoms with E-state index in [1.54, 1.807) is 12.1 Å². The molecule has 2 rings (SSSR count). The molecule has 0 radical (unpaired) electrons. The number of aromatic hydroxyl groups is 1. The van der Waals surface area contributed by atoms with Gasteiger partial charge < -0.3 is 15.7 Å². The topological polar surface area (TPSA) is 66.6 Å². The predicted octanol–water partition coefficient (Wildman–Crippen LogP) is 1.01. The van der Waals surface area contributed by atoms with Crippen LogP contribution in [0.1, 0.15) is 12.0 Å². The van der Waals surface area contributed by atoms with Crippen molar-refractivity contribution in [3.05, 3.63) is 23.8 Å². The first-order valence-electron chi connectivity index (χ1n) is 5.41. The zero-order valence-corrected chi connectivity index (χ0v) is 9.31. The number of nitrogens with zero attached hydrogens (tertiary/aromatic N) is 1. The Morgan fingerprint density at radius 1 is 1.50 bits per heavy atom. The summed E-state index contributed by atoms with van der Waals surface area (Å²) in [4.78, 5) is 13.1. The van der Waals surface area contributed by atoms with Crippen LogP contribution in [0, 0.1) is 12.8 Å². The third kappa shape index (κ3) is 2.10. The van der Waals surface area contributed by atoms with Crippen molar-refractivity contribution in [1.29, 1.82) is 0 Å². The minimum Gasteiger partial charge on any atom is -0.508 e. The summed E-state index contributed by atoms with van der Waals surface area (Å²) in [5.74, 6) is -0.0421. The molecular weight excluding hydrogens is 204 g/mol. The second kappa shape index (κ2) is 4.04. The summed E-state index contributed by atoms with van der Waals surface area (Å²) < 4.78 is 0. The Bertz CT molecular complexity index is 397. The van der Waals surface area contributed by atoms with Crippen molar-refractivity contribution in [3.63, 3.8) is 0 Å². The molecule has 1 saturated heterocycles. The molecule has 1 aliphatic rings. The van der Waals surface area contributed by atoms with E-state index in [2.05, 4.69) is 4.90 Å². The van der Waals surface area contributed by atoms with Gasteiger partial charge in [-0.3, -0.25) is 4.79 Å². The van der Waals surface area contributed by atoms with E-state index in [1.807, 2.05) is 13.0 Å². The van der Waals surface area contributed by atoms with Crippen LogP contribution < -0.4 is 10.6 Å². The van der Waals surface area contributed by atoms with Gasteiger partial charge in [0.25, 0.3) is 0 Å². The van der Waals surface area contributed by atoms with Crippen LogP contribution in [0.5, 0.6) is 5.75 Å². The Kier molecular flexibility index (Phi) is 2.73. The van der Waals surface area contributed by atoms with E-state index in [-0.39, 0.29) is 17.6 Å². The summed E-state index contributed by atoms with van der Waals surface area (Å²) in [7, 11) is 0. The fourth-order valence-electron chi connectivity index (χ4n) is 2.15. The highest BCUT2D eigenvalue weighted by Crippen LogP contribution is 2.27. The number of carbonyl (C=O) groups excluding carboxylic acids is 1. The van der Waals surface area contributed by atoms with Gasteiger partial charge in [0, 0.05) is 24.8 Å². The molecule has 1 heterocycles.